The lowest BCUT2D eigenvalue weighted by Crippen LogP contribution is -2.15. The van der Waals surface area contributed by atoms with Crippen LogP contribution in [0.1, 0.15) is 6.42 Å². The maximum atomic E-state index is 11.5. The van der Waals surface area contributed by atoms with Crippen LogP contribution in [-0.4, -0.2) is 40.9 Å². The second-order valence-corrected chi connectivity index (χ2v) is 4.55. The van der Waals surface area contributed by atoms with Crippen LogP contribution < -0.4 is 5.73 Å². The van der Waals surface area contributed by atoms with Crippen LogP contribution in [-0.2, 0) is 16.9 Å². The van der Waals surface area contributed by atoms with E-state index in [0.717, 1.165) is 4.68 Å². The lowest BCUT2D eigenvalue weighted by Gasteiger charge is -1.99. The van der Waals surface area contributed by atoms with Crippen LogP contribution in [0.3, 0.4) is 0 Å². The summed E-state index contributed by atoms with van der Waals surface area (Å²) in [6.45, 7) is 0.338. The molecule has 1 rings (SSSR count). The molecule has 7 nitrogen and oxygen atoms in total. The van der Waals surface area contributed by atoms with E-state index in [-0.39, 0.29) is 10.9 Å². The second kappa shape index (κ2) is 3.79. The van der Waals surface area contributed by atoms with E-state index in [1.807, 2.05) is 0 Å². The number of rotatable bonds is 4. The third kappa shape index (κ3) is 2.22. The first-order valence-corrected chi connectivity index (χ1v) is 5.38. The molecule has 74 valence electrons. The van der Waals surface area contributed by atoms with Gasteiger partial charge in [0.2, 0.25) is 9.84 Å². The molecule has 0 aromatic carbocycles. The van der Waals surface area contributed by atoms with Crippen LogP contribution in [0.4, 0.5) is 0 Å². The summed E-state index contributed by atoms with van der Waals surface area (Å²) < 4.78 is 24.0. The Kier molecular flexibility index (Phi) is 2.94. The Hall–Kier alpha value is -1.02. The van der Waals surface area contributed by atoms with Crippen molar-refractivity contribution in [3.05, 3.63) is 0 Å². The molecule has 0 fully saturated rings. The summed E-state index contributed by atoms with van der Waals surface area (Å²) in [5.41, 5.74) is 5.20. The zero-order valence-corrected chi connectivity index (χ0v) is 8.03. The van der Waals surface area contributed by atoms with E-state index in [0.29, 0.717) is 13.0 Å². The third-order valence-electron chi connectivity index (χ3n) is 1.48. The van der Waals surface area contributed by atoms with Crippen LogP contribution in [0.25, 0.3) is 0 Å². The van der Waals surface area contributed by atoms with Crippen molar-refractivity contribution in [3.8, 4) is 0 Å². The monoisotopic (exact) mass is 205 g/mol. The predicted molar refractivity (Wildman–Crippen MR) is 44.5 cm³/mol. The molecule has 0 aliphatic rings. The number of sulfone groups is 1. The molecule has 0 saturated carbocycles. The van der Waals surface area contributed by atoms with Crippen molar-refractivity contribution < 1.29 is 8.42 Å². The summed E-state index contributed by atoms with van der Waals surface area (Å²) in [5, 5.41) is 9.99. The molecule has 0 aliphatic carbocycles. The Balaban J connectivity index is 2.88. The smallest absolute Gasteiger partial charge is 0.267 e. The number of nitrogens with zero attached hydrogens (tertiary/aromatic N) is 4. The average Bonchev–Trinajstić information content (AvgIpc) is 2.48. The van der Waals surface area contributed by atoms with Crippen LogP contribution in [0.2, 0.25) is 0 Å². The van der Waals surface area contributed by atoms with Crippen LogP contribution in [0.5, 0.6) is 0 Å². The Labute approximate surface area is 75.8 Å². The van der Waals surface area contributed by atoms with E-state index in [9.17, 15) is 8.42 Å². The minimum Gasteiger partial charge on any atom is -0.330 e. The van der Waals surface area contributed by atoms with E-state index in [2.05, 4.69) is 15.5 Å². The van der Waals surface area contributed by atoms with Gasteiger partial charge in [-0.3, -0.25) is 0 Å². The molecule has 0 saturated heterocycles. The van der Waals surface area contributed by atoms with E-state index in [4.69, 9.17) is 5.73 Å². The van der Waals surface area contributed by atoms with Crippen molar-refractivity contribution in [2.45, 2.75) is 11.6 Å². The minimum absolute atomic E-state index is 0.0162. The molecular weight excluding hydrogens is 194 g/mol. The normalized spacial score (nSPS) is 11.8. The minimum atomic E-state index is -3.36. The van der Waals surface area contributed by atoms with Gasteiger partial charge in [0.15, 0.2) is 0 Å². The Morgan fingerprint density at radius 1 is 1.54 bits per heavy atom. The molecule has 1 heterocycles. The first-order chi connectivity index (χ1) is 6.08. The molecule has 0 aliphatic heterocycles. The summed E-state index contributed by atoms with van der Waals surface area (Å²) in [5.74, 6) is -0.0162. The largest absolute Gasteiger partial charge is 0.330 e. The molecule has 1 aromatic heterocycles. The highest BCUT2D eigenvalue weighted by molar-refractivity contribution is 7.91. The zero-order chi connectivity index (χ0) is 9.90. The number of nitrogens with two attached hydrogens (primary N) is 1. The lowest BCUT2D eigenvalue weighted by molar-refractivity contribution is 0.567. The Bertz CT molecular complexity index is 370. The average molecular weight is 205 g/mol. The maximum Gasteiger partial charge on any atom is 0.267 e. The van der Waals surface area contributed by atoms with Gasteiger partial charge in [0, 0.05) is 7.05 Å². The first-order valence-electron chi connectivity index (χ1n) is 3.73. The fourth-order valence-corrected chi connectivity index (χ4v) is 2.18. The van der Waals surface area contributed by atoms with Crippen LogP contribution >= 0.6 is 0 Å². The highest BCUT2D eigenvalue weighted by atomic mass is 32.2. The second-order valence-electron chi connectivity index (χ2n) is 2.55. The van der Waals surface area contributed by atoms with Crippen molar-refractivity contribution >= 4 is 9.84 Å². The molecule has 2 N–H and O–H groups in total. The summed E-state index contributed by atoms with van der Waals surface area (Å²) in [6.07, 6.45) is 0.412. The molecule has 0 bridgehead atoms. The van der Waals surface area contributed by atoms with Gasteiger partial charge in [-0.05, 0) is 23.4 Å². The molecule has 8 heteroatoms. The van der Waals surface area contributed by atoms with Gasteiger partial charge in [0.05, 0.1) is 5.75 Å². The number of hydrogen-bond donors (Lipinski definition) is 1. The summed E-state index contributed by atoms with van der Waals surface area (Å²) in [4.78, 5) is 0. The van der Waals surface area contributed by atoms with Crippen LogP contribution in [0.15, 0.2) is 5.16 Å². The molecule has 1 aromatic rings. The van der Waals surface area contributed by atoms with E-state index < -0.39 is 9.84 Å². The van der Waals surface area contributed by atoms with Gasteiger partial charge < -0.3 is 5.73 Å². The van der Waals surface area contributed by atoms with Gasteiger partial charge in [0.25, 0.3) is 5.16 Å². The highest BCUT2D eigenvalue weighted by Gasteiger charge is 2.20. The third-order valence-corrected chi connectivity index (χ3v) is 3.20. The molecular formula is C5H11N5O2S. The number of tetrazole rings is 1. The summed E-state index contributed by atoms with van der Waals surface area (Å²) in [7, 11) is -1.88. The van der Waals surface area contributed by atoms with E-state index in [1.54, 1.807) is 0 Å². The lowest BCUT2D eigenvalue weighted by atomic mass is 10.5. The van der Waals surface area contributed by atoms with Gasteiger partial charge in [0.1, 0.15) is 0 Å². The van der Waals surface area contributed by atoms with E-state index >= 15 is 0 Å². The van der Waals surface area contributed by atoms with E-state index in [1.165, 1.54) is 7.05 Å². The quantitative estimate of drug-likeness (QED) is 0.630. The highest BCUT2D eigenvalue weighted by Crippen LogP contribution is 2.04. The Morgan fingerprint density at radius 2 is 2.23 bits per heavy atom. The fraction of sp³-hybridized carbons (Fsp3) is 0.800. The van der Waals surface area contributed by atoms with Crippen molar-refractivity contribution in [1.29, 1.82) is 0 Å². The van der Waals surface area contributed by atoms with Gasteiger partial charge in [-0.2, -0.15) is 0 Å². The molecule has 0 atom stereocenters. The summed E-state index contributed by atoms with van der Waals surface area (Å²) in [6, 6.07) is 0. The predicted octanol–water partition coefficient (Wildman–Crippen LogP) is -1.67. The van der Waals surface area contributed by atoms with Crippen molar-refractivity contribution in [2.24, 2.45) is 12.8 Å². The Morgan fingerprint density at radius 3 is 2.69 bits per heavy atom. The van der Waals surface area contributed by atoms with Crippen molar-refractivity contribution in [1.82, 2.24) is 20.2 Å². The number of hydrogen-bond acceptors (Lipinski definition) is 6. The topological polar surface area (TPSA) is 104 Å². The number of aryl methyl sites for hydroxylation is 1. The summed E-state index contributed by atoms with van der Waals surface area (Å²) >= 11 is 0. The van der Waals surface area contributed by atoms with Gasteiger partial charge in [-0.25, -0.2) is 13.1 Å². The van der Waals surface area contributed by atoms with Crippen molar-refractivity contribution in [3.63, 3.8) is 0 Å². The molecule has 0 amide bonds. The SMILES string of the molecule is Cn1nnnc1S(=O)(=O)CCCN. The molecule has 13 heavy (non-hydrogen) atoms. The van der Waals surface area contributed by atoms with Gasteiger partial charge >= 0.3 is 0 Å². The van der Waals surface area contributed by atoms with Crippen molar-refractivity contribution in [2.75, 3.05) is 12.3 Å². The van der Waals surface area contributed by atoms with Gasteiger partial charge in [-0.15, -0.1) is 0 Å². The molecule has 0 radical (unpaired) electrons. The zero-order valence-electron chi connectivity index (χ0n) is 7.21. The number of aromatic nitrogens is 4. The van der Waals surface area contributed by atoms with Gasteiger partial charge in [-0.1, -0.05) is 5.10 Å². The molecule has 0 unspecified atom stereocenters. The first kappa shape index (κ1) is 10.1. The van der Waals surface area contributed by atoms with Crippen LogP contribution in [0, 0.1) is 0 Å². The molecule has 0 spiro atoms. The maximum absolute atomic E-state index is 11.5. The fourth-order valence-electron chi connectivity index (χ4n) is 0.849. The standard InChI is InChI=1S/C5H11N5O2S/c1-10-5(7-8-9-10)13(11,12)4-2-3-6/h2-4,6H2,1H3.